The van der Waals surface area contributed by atoms with Crippen LogP contribution >= 0.6 is 0 Å². The number of hydrogen-bond acceptors (Lipinski definition) is 6. The van der Waals surface area contributed by atoms with Crippen LogP contribution in [0.2, 0.25) is 0 Å². The van der Waals surface area contributed by atoms with Gasteiger partial charge in [-0.1, -0.05) is 0 Å². The number of amides is 2. The van der Waals surface area contributed by atoms with E-state index >= 15 is 0 Å². The maximum atomic E-state index is 13.3. The van der Waals surface area contributed by atoms with Gasteiger partial charge in [0.15, 0.2) is 11.6 Å². The van der Waals surface area contributed by atoms with E-state index in [1.165, 1.54) is 31.2 Å². The Labute approximate surface area is 181 Å². The highest BCUT2D eigenvalue weighted by Crippen LogP contribution is 2.25. The van der Waals surface area contributed by atoms with Gasteiger partial charge in [-0.25, -0.2) is 19.2 Å². The lowest BCUT2D eigenvalue weighted by Crippen LogP contribution is -2.26. The third-order valence-electron chi connectivity index (χ3n) is 4.85. The number of methoxy groups -OCH3 is 1. The molecule has 0 saturated carbocycles. The minimum atomic E-state index is -0.763. The summed E-state index contributed by atoms with van der Waals surface area (Å²) in [5.74, 6) is -1.32. The number of ether oxygens (including phenoxy) is 1. The molecule has 4 rings (SSSR count). The second-order valence-electron chi connectivity index (χ2n) is 6.84. The van der Waals surface area contributed by atoms with Crippen molar-refractivity contribution in [2.75, 3.05) is 24.4 Å². The number of nitrogens with zero attached hydrogens (tertiary/aromatic N) is 4. The van der Waals surface area contributed by atoms with Gasteiger partial charge in [0.05, 0.1) is 24.6 Å². The number of imidazole rings is 1. The molecule has 0 unspecified atom stereocenters. The highest BCUT2D eigenvalue weighted by atomic mass is 19.1. The Morgan fingerprint density at radius 1 is 1.12 bits per heavy atom. The topological polar surface area (TPSA) is 109 Å². The van der Waals surface area contributed by atoms with E-state index in [4.69, 9.17) is 0 Å². The number of anilines is 2. The van der Waals surface area contributed by atoms with Gasteiger partial charge in [-0.05, 0) is 36.4 Å². The first-order valence-corrected chi connectivity index (χ1v) is 9.42. The van der Waals surface area contributed by atoms with Crippen molar-refractivity contribution in [2.45, 2.75) is 0 Å². The summed E-state index contributed by atoms with van der Waals surface area (Å²) in [6, 6.07) is 10.4. The molecule has 0 atom stereocenters. The number of phenols is 1. The van der Waals surface area contributed by atoms with Crippen molar-refractivity contribution in [1.29, 1.82) is 0 Å². The maximum absolute atomic E-state index is 13.3. The van der Waals surface area contributed by atoms with Crippen LogP contribution in [-0.4, -0.2) is 45.6 Å². The summed E-state index contributed by atoms with van der Waals surface area (Å²) in [6.45, 7) is 0. The zero-order valence-electron chi connectivity index (χ0n) is 17.1. The molecule has 0 fully saturated rings. The lowest BCUT2D eigenvalue weighted by Gasteiger charge is -2.18. The molecular weight excluding hydrogens is 417 g/mol. The highest BCUT2D eigenvalue weighted by molar-refractivity contribution is 6.05. The summed E-state index contributed by atoms with van der Waals surface area (Å²) < 4.78 is 19.6. The van der Waals surface area contributed by atoms with Crippen molar-refractivity contribution in [3.63, 3.8) is 0 Å². The molecule has 10 heteroatoms. The van der Waals surface area contributed by atoms with Crippen LogP contribution in [0, 0.1) is 5.82 Å². The molecular formula is C22H18FN5O4. The summed E-state index contributed by atoms with van der Waals surface area (Å²) in [7, 11) is 2.79. The van der Waals surface area contributed by atoms with Crippen LogP contribution in [0.5, 0.6) is 5.75 Å². The van der Waals surface area contributed by atoms with E-state index in [1.807, 2.05) is 0 Å². The molecule has 0 bridgehead atoms. The van der Waals surface area contributed by atoms with E-state index < -0.39 is 17.7 Å². The number of aromatic nitrogens is 3. The van der Waals surface area contributed by atoms with Crippen molar-refractivity contribution in [2.24, 2.45) is 0 Å². The van der Waals surface area contributed by atoms with E-state index in [0.717, 1.165) is 6.07 Å². The van der Waals surface area contributed by atoms with Crippen LogP contribution in [0.25, 0.3) is 16.9 Å². The largest absolute Gasteiger partial charge is 0.505 e. The highest BCUT2D eigenvalue weighted by Gasteiger charge is 2.17. The number of rotatable bonds is 4. The first kappa shape index (κ1) is 20.8. The van der Waals surface area contributed by atoms with E-state index in [1.54, 1.807) is 47.3 Å². The molecule has 9 nitrogen and oxygen atoms in total. The number of carbonyl (C=O) groups excluding carboxylic acids is 2. The average Bonchev–Trinajstić information content (AvgIpc) is 3.23. The van der Waals surface area contributed by atoms with Gasteiger partial charge in [-0.3, -0.25) is 14.5 Å². The van der Waals surface area contributed by atoms with Crippen LogP contribution in [0.15, 0.2) is 61.1 Å². The van der Waals surface area contributed by atoms with Gasteiger partial charge in [0, 0.05) is 36.8 Å². The number of nitrogens with one attached hydrogen (secondary N) is 1. The van der Waals surface area contributed by atoms with E-state index in [0.29, 0.717) is 34.0 Å². The number of pyridine rings is 2. The molecule has 2 amide bonds. The van der Waals surface area contributed by atoms with Gasteiger partial charge in [0.2, 0.25) is 0 Å². The first-order chi connectivity index (χ1) is 15.4. The molecule has 162 valence electrons. The van der Waals surface area contributed by atoms with Gasteiger partial charge in [0.1, 0.15) is 11.5 Å². The molecule has 0 saturated heterocycles. The molecule has 0 radical (unpaired) electrons. The SMILES string of the molecule is COC(=O)Nc1ccc(-c2cnc3ccc(C(=O)N(C)c4ccc(F)c(O)c4)cn23)cn1. The Morgan fingerprint density at radius 2 is 1.94 bits per heavy atom. The minimum absolute atomic E-state index is 0.328. The van der Waals surface area contributed by atoms with Crippen molar-refractivity contribution in [1.82, 2.24) is 14.4 Å². The number of aromatic hydroxyl groups is 1. The molecule has 0 spiro atoms. The number of hydrogen-bond donors (Lipinski definition) is 2. The zero-order chi connectivity index (χ0) is 22.8. The van der Waals surface area contributed by atoms with Crippen molar-refractivity contribution in [3.05, 3.63) is 72.4 Å². The molecule has 2 N–H and O–H groups in total. The fourth-order valence-electron chi connectivity index (χ4n) is 3.12. The first-order valence-electron chi connectivity index (χ1n) is 9.42. The summed E-state index contributed by atoms with van der Waals surface area (Å²) in [4.78, 5) is 34.1. The van der Waals surface area contributed by atoms with Crippen LogP contribution in [0.1, 0.15) is 10.4 Å². The lowest BCUT2D eigenvalue weighted by molar-refractivity contribution is 0.0992. The van der Waals surface area contributed by atoms with Gasteiger partial charge < -0.3 is 14.7 Å². The van der Waals surface area contributed by atoms with E-state index in [-0.39, 0.29) is 5.91 Å². The van der Waals surface area contributed by atoms with Gasteiger partial charge in [-0.2, -0.15) is 0 Å². The monoisotopic (exact) mass is 435 g/mol. The van der Waals surface area contributed by atoms with E-state index in [9.17, 15) is 19.1 Å². The maximum Gasteiger partial charge on any atom is 0.412 e. The Balaban J connectivity index is 1.64. The summed E-state index contributed by atoms with van der Waals surface area (Å²) in [5, 5.41) is 12.1. The van der Waals surface area contributed by atoms with Crippen LogP contribution in [0.3, 0.4) is 0 Å². The third kappa shape index (κ3) is 3.93. The van der Waals surface area contributed by atoms with Crippen LogP contribution in [-0.2, 0) is 4.74 Å². The van der Waals surface area contributed by atoms with Gasteiger partial charge >= 0.3 is 6.09 Å². The molecule has 3 aromatic heterocycles. The van der Waals surface area contributed by atoms with E-state index in [2.05, 4.69) is 20.0 Å². The minimum Gasteiger partial charge on any atom is -0.505 e. The summed E-state index contributed by atoms with van der Waals surface area (Å²) in [5.41, 5.74) is 2.73. The molecule has 3 heterocycles. The van der Waals surface area contributed by atoms with Crippen molar-refractivity contribution in [3.8, 4) is 17.0 Å². The summed E-state index contributed by atoms with van der Waals surface area (Å²) in [6.07, 6.45) is 4.23. The smallest absolute Gasteiger partial charge is 0.412 e. The fourth-order valence-corrected chi connectivity index (χ4v) is 3.12. The zero-order valence-corrected chi connectivity index (χ0v) is 17.1. The molecule has 1 aromatic carbocycles. The molecule has 32 heavy (non-hydrogen) atoms. The van der Waals surface area contributed by atoms with Crippen LogP contribution < -0.4 is 10.2 Å². The average molecular weight is 435 g/mol. The number of halogens is 1. The predicted molar refractivity (Wildman–Crippen MR) is 115 cm³/mol. The Bertz CT molecular complexity index is 1320. The normalized spacial score (nSPS) is 10.7. The molecule has 0 aliphatic carbocycles. The lowest BCUT2D eigenvalue weighted by atomic mass is 10.2. The Morgan fingerprint density at radius 3 is 2.62 bits per heavy atom. The van der Waals surface area contributed by atoms with Gasteiger partial charge in [-0.15, -0.1) is 0 Å². The second kappa shape index (κ2) is 8.34. The molecule has 4 aromatic rings. The quantitative estimate of drug-likeness (QED) is 0.506. The Hall–Kier alpha value is -4.47. The van der Waals surface area contributed by atoms with Crippen LogP contribution in [0.4, 0.5) is 20.7 Å². The predicted octanol–water partition coefficient (Wildman–Crippen LogP) is 3.70. The Kier molecular flexibility index (Phi) is 5.42. The molecule has 0 aliphatic rings. The number of phenolic OH excluding ortho intramolecular Hbond substituents is 1. The van der Waals surface area contributed by atoms with Crippen molar-refractivity contribution >= 4 is 29.2 Å². The number of fused-ring (bicyclic) bond motifs is 1. The molecule has 0 aliphatic heterocycles. The number of carbonyl (C=O) groups is 2. The third-order valence-corrected chi connectivity index (χ3v) is 4.85. The number of benzene rings is 1. The van der Waals surface area contributed by atoms with Crippen molar-refractivity contribution < 1.29 is 23.8 Å². The fraction of sp³-hybridized carbons (Fsp3) is 0.0909. The van der Waals surface area contributed by atoms with Gasteiger partial charge in [0.25, 0.3) is 5.91 Å². The second-order valence-corrected chi connectivity index (χ2v) is 6.84. The standard InChI is InChI=1S/C22H18FN5O4/c1-27(15-5-6-16(23)18(29)9-15)21(30)14-4-8-20-25-11-17(28(20)12-14)13-3-7-19(24-10-13)26-22(31)32-2/h3-12,29H,1-2H3,(H,24,26,31). The summed E-state index contributed by atoms with van der Waals surface area (Å²) >= 11 is 0.